The van der Waals surface area contributed by atoms with Crippen LogP contribution in [-0.4, -0.2) is 30.1 Å². The Morgan fingerprint density at radius 3 is 2.79 bits per heavy atom. The summed E-state index contributed by atoms with van der Waals surface area (Å²) in [6.45, 7) is -0.101. The zero-order valence-electron chi connectivity index (χ0n) is 10.3. The number of hydrogen-bond donors (Lipinski definition) is 3. The second-order valence-corrected chi connectivity index (χ2v) is 3.82. The van der Waals surface area contributed by atoms with Gasteiger partial charge in [-0.3, -0.25) is 9.59 Å². The number of carbonyl (C=O) groups excluding carboxylic acids is 2. The first kappa shape index (κ1) is 14.7. The summed E-state index contributed by atoms with van der Waals surface area (Å²) in [7, 11) is 0. The van der Waals surface area contributed by atoms with Gasteiger partial charge in [0.15, 0.2) is 0 Å². The van der Waals surface area contributed by atoms with Crippen LogP contribution in [0.4, 0.5) is 5.69 Å². The van der Waals surface area contributed by atoms with Crippen molar-refractivity contribution in [2.75, 3.05) is 18.5 Å². The first-order valence-corrected chi connectivity index (χ1v) is 5.83. The molecule has 1 rings (SSSR count). The van der Waals surface area contributed by atoms with Crippen molar-refractivity contribution in [2.45, 2.75) is 12.8 Å². The van der Waals surface area contributed by atoms with E-state index >= 15 is 0 Å². The normalized spacial score (nSPS) is 9.47. The predicted molar refractivity (Wildman–Crippen MR) is 69.1 cm³/mol. The number of anilines is 1. The quantitative estimate of drug-likeness (QED) is 0.520. The molecule has 0 aromatic heterocycles. The molecule has 0 saturated heterocycles. The van der Waals surface area contributed by atoms with E-state index < -0.39 is 11.8 Å². The molecule has 6 nitrogen and oxygen atoms in total. The molecule has 19 heavy (non-hydrogen) atoms. The van der Waals surface area contributed by atoms with Gasteiger partial charge in [-0.25, -0.2) is 0 Å². The van der Waals surface area contributed by atoms with E-state index in [-0.39, 0.29) is 13.2 Å². The molecule has 0 bridgehead atoms. The van der Waals surface area contributed by atoms with Crippen molar-refractivity contribution in [3.63, 3.8) is 0 Å². The van der Waals surface area contributed by atoms with E-state index in [0.717, 1.165) is 5.56 Å². The predicted octanol–water partition coefficient (Wildman–Crippen LogP) is 0.190. The maximum atomic E-state index is 11.5. The zero-order chi connectivity index (χ0) is 14.1. The average Bonchev–Trinajstić information content (AvgIpc) is 2.42. The maximum Gasteiger partial charge on any atom is 0.313 e. The van der Waals surface area contributed by atoms with Gasteiger partial charge in [0, 0.05) is 12.3 Å². The highest BCUT2D eigenvalue weighted by Gasteiger charge is 2.12. The first-order valence-electron chi connectivity index (χ1n) is 5.83. The molecular weight excluding hydrogens is 246 g/mol. The minimum absolute atomic E-state index is 0.104. The highest BCUT2D eigenvalue weighted by Crippen LogP contribution is 2.12. The Kier molecular flexibility index (Phi) is 6.06. The number of hydrogen-bond acceptors (Lipinski definition) is 4. The summed E-state index contributed by atoms with van der Waals surface area (Å²) in [4.78, 5) is 22.7. The largest absolute Gasteiger partial charge is 0.396 e. The number of carbonyl (C=O) groups is 2. The molecule has 3 N–H and O–H groups in total. The van der Waals surface area contributed by atoms with Gasteiger partial charge in [0.1, 0.15) is 6.54 Å². The summed E-state index contributed by atoms with van der Waals surface area (Å²) in [6, 6.07) is 8.76. The fraction of sp³-hybridized carbons (Fsp3) is 0.308. The number of nitrogens with one attached hydrogen (secondary N) is 2. The second-order valence-electron chi connectivity index (χ2n) is 3.82. The van der Waals surface area contributed by atoms with Crippen LogP contribution >= 0.6 is 0 Å². The molecule has 0 unspecified atom stereocenters. The van der Waals surface area contributed by atoms with Crippen molar-refractivity contribution in [2.24, 2.45) is 0 Å². The minimum atomic E-state index is -0.845. The van der Waals surface area contributed by atoms with Crippen molar-refractivity contribution < 1.29 is 14.7 Å². The summed E-state index contributed by atoms with van der Waals surface area (Å²) in [5.74, 6) is -1.66. The number of rotatable bonds is 5. The Bertz CT molecular complexity index is 494. The molecule has 0 saturated carbocycles. The number of nitriles is 1. The van der Waals surface area contributed by atoms with E-state index in [1.54, 1.807) is 24.3 Å². The van der Waals surface area contributed by atoms with Gasteiger partial charge in [0.05, 0.1) is 6.07 Å². The Labute approximate surface area is 111 Å². The van der Waals surface area contributed by atoms with Gasteiger partial charge in [-0.15, -0.1) is 0 Å². The number of benzene rings is 1. The molecule has 0 aliphatic heterocycles. The van der Waals surface area contributed by atoms with E-state index in [4.69, 9.17) is 10.4 Å². The van der Waals surface area contributed by atoms with E-state index in [0.29, 0.717) is 18.5 Å². The molecule has 0 atom stereocenters. The molecule has 1 aromatic rings. The molecule has 6 heteroatoms. The summed E-state index contributed by atoms with van der Waals surface area (Å²) in [5.41, 5.74) is 1.47. The standard InChI is InChI=1S/C13H15N3O3/c14-6-7-15-12(18)13(19)16-11-5-1-3-10(9-11)4-2-8-17/h1,3,5,9,17H,2,4,7-8H2,(H,15,18)(H,16,19). The Morgan fingerprint density at radius 2 is 2.11 bits per heavy atom. The van der Waals surface area contributed by atoms with Crippen LogP contribution in [0.2, 0.25) is 0 Å². The third-order valence-electron chi connectivity index (χ3n) is 2.34. The van der Waals surface area contributed by atoms with Crippen LogP contribution < -0.4 is 10.6 Å². The Balaban J connectivity index is 2.59. The van der Waals surface area contributed by atoms with Crippen molar-refractivity contribution in [3.8, 4) is 6.07 Å². The summed E-state index contributed by atoms with van der Waals surface area (Å²) in [5, 5.41) is 21.6. The minimum Gasteiger partial charge on any atom is -0.396 e. The fourth-order valence-electron chi connectivity index (χ4n) is 1.48. The lowest BCUT2D eigenvalue weighted by atomic mass is 10.1. The third-order valence-corrected chi connectivity index (χ3v) is 2.34. The number of aryl methyl sites for hydroxylation is 1. The zero-order valence-corrected chi connectivity index (χ0v) is 10.3. The topological polar surface area (TPSA) is 102 Å². The monoisotopic (exact) mass is 261 g/mol. The van der Waals surface area contributed by atoms with E-state index in [1.165, 1.54) is 0 Å². The van der Waals surface area contributed by atoms with Crippen molar-refractivity contribution in [3.05, 3.63) is 29.8 Å². The molecule has 100 valence electrons. The van der Waals surface area contributed by atoms with Gasteiger partial charge in [0.25, 0.3) is 0 Å². The molecule has 0 fully saturated rings. The number of amides is 2. The van der Waals surface area contributed by atoms with Gasteiger partial charge < -0.3 is 15.7 Å². The van der Waals surface area contributed by atoms with E-state index in [9.17, 15) is 9.59 Å². The smallest absolute Gasteiger partial charge is 0.313 e. The van der Waals surface area contributed by atoms with Gasteiger partial charge in [-0.1, -0.05) is 12.1 Å². The third kappa shape index (κ3) is 5.19. The van der Waals surface area contributed by atoms with Crippen molar-refractivity contribution >= 4 is 17.5 Å². The molecule has 0 aliphatic carbocycles. The lowest BCUT2D eigenvalue weighted by molar-refractivity contribution is -0.136. The van der Waals surface area contributed by atoms with Gasteiger partial charge in [0.2, 0.25) is 0 Å². The van der Waals surface area contributed by atoms with Crippen molar-refractivity contribution in [1.82, 2.24) is 5.32 Å². The molecule has 0 radical (unpaired) electrons. The molecule has 1 aromatic carbocycles. The number of nitrogens with zero attached hydrogens (tertiary/aromatic N) is 1. The van der Waals surface area contributed by atoms with Crippen LogP contribution in [0.1, 0.15) is 12.0 Å². The van der Waals surface area contributed by atoms with Crippen LogP contribution in [0.15, 0.2) is 24.3 Å². The highest BCUT2D eigenvalue weighted by atomic mass is 16.3. The molecular formula is C13H15N3O3. The van der Waals surface area contributed by atoms with Crippen LogP contribution in [0, 0.1) is 11.3 Å². The number of aliphatic hydroxyl groups is 1. The van der Waals surface area contributed by atoms with Gasteiger partial charge in [-0.2, -0.15) is 5.26 Å². The Hall–Kier alpha value is -2.39. The van der Waals surface area contributed by atoms with Crippen molar-refractivity contribution in [1.29, 1.82) is 5.26 Å². The van der Waals surface area contributed by atoms with E-state index in [1.807, 2.05) is 6.07 Å². The van der Waals surface area contributed by atoms with Gasteiger partial charge in [-0.05, 0) is 30.5 Å². The molecule has 0 aliphatic rings. The first-order chi connectivity index (χ1) is 9.17. The average molecular weight is 261 g/mol. The fourth-order valence-corrected chi connectivity index (χ4v) is 1.48. The van der Waals surface area contributed by atoms with E-state index in [2.05, 4.69) is 10.6 Å². The van der Waals surface area contributed by atoms with Crippen LogP contribution in [0.3, 0.4) is 0 Å². The molecule has 2 amide bonds. The van der Waals surface area contributed by atoms with Gasteiger partial charge >= 0.3 is 11.8 Å². The second kappa shape index (κ2) is 7.84. The lowest BCUT2D eigenvalue weighted by Crippen LogP contribution is -2.35. The van der Waals surface area contributed by atoms with Crippen LogP contribution in [0.25, 0.3) is 0 Å². The maximum absolute atomic E-state index is 11.5. The van der Waals surface area contributed by atoms with Crippen LogP contribution in [0.5, 0.6) is 0 Å². The summed E-state index contributed by atoms with van der Waals surface area (Å²) >= 11 is 0. The number of aliphatic hydroxyl groups excluding tert-OH is 1. The summed E-state index contributed by atoms with van der Waals surface area (Å²) in [6.07, 6.45) is 1.33. The van der Waals surface area contributed by atoms with Crippen LogP contribution in [-0.2, 0) is 16.0 Å². The molecule has 0 heterocycles. The molecule has 0 spiro atoms. The summed E-state index contributed by atoms with van der Waals surface area (Å²) < 4.78 is 0. The highest BCUT2D eigenvalue weighted by molar-refractivity contribution is 6.39. The lowest BCUT2D eigenvalue weighted by Gasteiger charge is -2.06. The Morgan fingerprint density at radius 1 is 1.32 bits per heavy atom. The SMILES string of the molecule is N#CCNC(=O)C(=O)Nc1cccc(CCCO)c1.